The average Bonchev–Trinajstić information content (AvgIpc) is 3.19. The van der Waals surface area contributed by atoms with Crippen molar-refractivity contribution in [3.63, 3.8) is 0 Å². The first-order chi connectivity index (χ1) is 14.5. The number of rotatable bonds is 8. The maximum absolute atomic E-state index is 11.5. The lowest BCUT2D eigenvalue weighted by Gasteiger charge is -2.21. The zero-order valence-corrected chi connectivity index (χ0v) is 18.6. The van der Waals surface area contributed by atoms with Crippen LogP contribution < -0.4 is 10.1 Å². The quantitative estimate of drug-likeness (QED) is 0.397. The van der Waals surface area contributed by atoms with Gasteiger partial charge >= 0.3 is 0 Å². The molecule has 1 saturated heterocycles. The van der Waals surface area contributed by atoms with Crippen molar-refractivity contribution in [1.82, 2.24) is 10.2 Å². The summed E-state index contributed by atoms with van der Waals surface area (Å²) in [5.41, 5.74) is 1.39. The lowest BCUT2D eigenvalue weighted by molar-refractivity contribution is 0.327. The van der Waals surface area contributed by atoms with Crippen LogP contribution in [0.25, 0.3) is 0 Å². The number of guanidine groups is 1. The molecule has 0 aromatic heterocycles. The van der Waals surface area contributed by atoms with E-state index in [2.05, 4.69) is 47.5 Å². The monoisotopic (exact) mass is 429 g/mol. The molecule has 1 aliphatic heterocycles. The molecular weight excluding hydrogens is 398 g/mol. The van der Waals surface area contributed by atoms with E-state index in [0.717, 1.165) is 32.0 Å². The highest BCUT2D eigenvalue weighted by molar-refractivity contribution is 7.90. The number of aliphatic imine (C=N–C) groups is 1. The Hall–Kier alpha value is -2.54. The smallest absolute Gasteiger partial charge is 0.194 e. The van der Waals surface area contributed by atoms with Gasteiger partial charge in [0, 0.05) is 25.9 Å². The Kier molecular flexibility index (Phi) is 7.74. The predicted octanol–water partition coefficient (Wildman–Crippen LogP) is 3.00. The molecule has 0 aliphatic carbocycles. The summed E-state index contributed by atoms with van der Waals surface area (Å²) in [6.45, 7) is 5.90. The third kappa shape index (κ3) is 6.49. The van der Waals surface area contributed by atoms with Gasteiger partial charge in [0.15, 0.2) is 15.8 Å². The van der Waals surface area contributed by atoms with E-state index in [1.165, 1.54) is 18.2 Å². The van der Waals surface area contributed by atoms with Crippen LogP contribution in [0.4, 0.5) is 0 Å². The van der Waals surface area contributed by atoms with Crippen LogP contribution in [0.3, 0.4) is 0 Å². The zero-order chi connectivity index (χ0) is 21.4. The van der Waals surface area contributed by atoms with Crippen molar-refractivity contribution >= 4 is 15.8 Å². The number of hydrogen-bond donors (Lipinski definition) is 1. The molecule has 162 valence electrons. The maximum atomic E-state index is 11.5. The predicted molar refractivity (Wildman–Crippen MR) is 121 cm³/mol. The number of ether oxygens (including phenoxy) is 1. The summed E-state index contributed by atoms with van der Waals surface area (Å²) >= 11 is 0. The Balaban J connectivity index is 1.49. The van der Waals surface area contributed by atoms with Crippen LogP contribution in [0.1, 0.15) is 18.9 Å². The minimum absolute atomic E-state index is 0.293. The highest BCUT2D eigenvalue weighted by atomic mass is 32.2. The second kappa shape index (κ2) is 10.5. The van der Waals surface area contributed by atoms with Gasteiger partial charge in [0.2, 0.25) is 0 Å². The SMILES string of the molecule is CCNC(=NCCOc1ccc(S(C)(=O)=O)cc1)N1CCC(Cc2ccccc2)C1. The fraction of sp³-hybridized carbons (Fsp3) is 0.435. The Morgan fingerprint density at radius 3 is 2.57 bits per heavy atom. The number of hydrogen-bond acceptors (Lipinski definition) is 4. The normalized spacial score (nSPS) is 17.2. The number of likely N-dealkylation sites (tertiary alicyclic amines) is 1. The third-order valence-electron chi connectivity index (χ3n) is 5.16. The topological polar surface area (TPSA) is 71.0 Å². The summed E-state index contributed by atoms with van der Waals surface area (Å²) in [6, 6.07) is 17.1. The molecule has 2 aromatic carbocycles. The van der Waals surface area contributed by atoms with Crippen molar-refractivity contribution in [2.24, 2.45) is 10.9 Å². The molecule has 0 radical (unpaired) electrons. The Morgan fingerprint density at radius 2 is 1.90 bits per heavy atom. The minimum atomic E-state index is -3.19. The summed E-state index contributed by atoms with van der Waals surface area (Å²) in [7, 11) is -3.19. The molecule has 0 bridgehead atoms. The Labute approximate surface area is 179 Å². The van der Waals surface area contributed by atoms with Gasteiger partial charge in [0.25, 0.3) is 0 Å². The molecule has 1 aliphatic rings. The van der Waals surface area contributed by atoms with E-state index in [9.17, 15) is 8.42 Å². The molecule has 3 rings (SSSR count). The van der Waals surface area contributed by atoms with Gasteiger partial charge in [-0.3, -0.25) is 0 Å². The maximum Gasteiger partial charge on any atom is 0.194 e. The molecule has 6 nitrogen and oxygen atoms in total. The van der Waals surface area contributed by atoms with Crippen molar-refractivity contribution in [2.75, 3.05) is 39.0 Å². The second-order valence-corrected chi connectivity index (χ2v) is 9.63. The summed E-state index contributed by atoms with van der Waals surface area (Å²) in [5, 5.41) is 3.39. The summed E-state index contributed by atoms with van der Waals surface area (Å²) < 4.78 is 28.8. The first kappa shape index (κ1) is 22.2. The average molecular weight is 430 g/mol. The first-order valence-corrected chi connectivity index (χ1v) is 12.3. The van der Waals surface area contributed by atoms with Crippen molar-refractivity contribution < 1.29 is 13.2 Å². The van der Waals surface area contributed by atoms with Crippen LogP contribution in [-0.4, -0.2) is 58.3 Å². The van der Waals surface area contributed by atoms with E-state index in [4.69, 9.17) is 9.73 Å². The van der Waals surface area contributed by atoms with Gasteiger partial charge in [0.05, 0.1) is 11.4 Å². The molecular formula is C23H31N3O3S. The van der Waals surface area contributed by atoms with E-state index >= 15 is 0 Å². The standard InChI is InChI=1S/C23H31N3O3S/c1-3-24-23(26-15-13-20(18-26)17-19-7-5-4-6-8-19)25-14-16-29-21-9-11-22(12-10-21)30(2,27)28/h4-12,20H,3,13-18H2,1-2H3,(H,24,25). The van der Waals surface area contributed by atoms with Crippen LogP contribution in [0.15, 0.2) is 64.5 Å². The van der Waals surface area contributed by atoms with Gasteiger partial charge in [-0.15, -0.1) is 0 Å². The van der Waals surface area contributed by atoms with E-state index in [1.807, 2.05) is 0 Å². The molecule has 2 aromatic rings. The van der Waals surface area contributed by atoms with Gasteiger partial charge in [-0.2, -0.15) is 0 Å². The number of benzene rings is 2. The molecule has 0 spiro atoms. The largest absolute Gasteiger partial charge is 0.492 e. The van der Waals surface area contributed by atoms with Crippen LogP contribution in [-0.2, 0) is 16.3 Å². The Morgan fingerprint density at radius 1 is 1.17 bits per heavy atom. The summed E-state index contributed by atoms with van der Waals surface area (Å²) in [5.74, 6) is 2.22. The van der Waals surface area contributed by atoms with E-state index in [1.54, 1.807) is 24.3 Å². The molecule has 0 amide bonds. The molecule has 1 N–H and O–H groups in total. The van der Waals surface area contributed by atoms with Crippen LogP contribution in [0, 0.1) is 5.92 Å². The zero-order valence-electron chi connectivity index (χ0n) is 17.8. The van der Waals surface area contributed by atoms with Crippen molar-refractivity contribution in [1.29, 1.82) is 0 Å². The van der Waals surface area contributed by atoms with Crippen LogP contribution >= 0.6 is 0 Å². The molecule has 1 heterocycles. The fourth-order valence-electron chi connectivity index (χ4n) is 3.66. The lowest BCUT2D eigenvalue weighted by Crippen LogP contribution is -2.40. The van der Waals surface area contributed by atoms with Crippen LogP contribution in [0.2, 0.25) is 0 Å². The van der Waals surface area contributed by atoms with Crippen molar-refractivity contribution in [3.05, 3.63) is 60.2 Å². The molecule has 1 fully saturated rings. The fourth-order valence-corrected chi connectivity index (χ4v) is 4.29. The molecule has 1 unspecified atom stereocenters. The summed E-state index contributed by atoms with van der Waals surface area (Å²) in [6.07, 6.45) is 3.47. The van der Waals surface area contributed by atoms with Crippen LogP contribution in [0.5, 0.6) is 5.75 Å². The van der Waals surface area contributed by atoms with Gasteiger partial charge < -0.3 is 15.0 Å². The molecule has 1 atom stereocenters. The number of nitrogens with zero attached hydrogens (tertiary/aromatic N) is 2. The first-order valence-electron chi connectivity index (χ1n) is 10.5. The molecule has 7 heteroatoms. The molecule has 30 heavy (non-hydrogen) atoms. The van der Waals surface area contributed by atoms with E-state index in [-0.39, 0.29) is 0 Å². The number of sulfone groups is 1. The molecule has 0 saturated carbocycles. The second-order valence-electron chi connectivity index (χ2n) is 7.62. The summed E-state index contributed by atoms with van der Waals surface area (Å²) in [4.78, 5) is 7.34. The van der Waals surface area contributed by atoms with Crippen molar-refractivity contribution in [3.8, 4) is 5.75 Å². The van der Waals surface area contributed by atoms with Gasteiger partial charge in [0.1, 0.15) is 12.4 Å². The van der Waals surface area contributed by atoms with Crippen molar-refractivity contribution in [2.45, 2.75) is 24.7 Å². The number of nitrogens with one attached hydrogen (secondary N) is 1. The highest BCUT2D eigenvalue weighted by Gasteiger charge is 2.24. The lowest BCUT2D eigenvalue weighted by atomic mass is 9.99. The highest BCUT2D eigenvalue weighted by Crippen LogP contribution is 2.21. The van der Waals surface area contributed by atoms with E-state index in [0.29, 0.717) is 29.7 Å². The minimum Gasteiger partial charge on any atom is -0.492 e. The van der Waals surface area contributed by atoms with Gasteiger partial charge in [-0.1, -0.05) is 30.3 Å². The third-order valence-corrected chi connectivity index (χ3v) is 6.29. The Bertz CT molecular complexity index is 928. The van der Waals surface area contributed by atoms with Gasteiger partial charge in [-0.05, 0) is 55.5 Å². The van der Waals surface area contributed by atoms with E-state index < -0.39 is 9.84 Å². The van der Waals surface area contributed by atoms with Gasteiger partial charge in [-0.25, -0.2) is 13.4 Å².